The van der Waals surface area contributed by atoms with E-state index in [4.69, 9.17) is 4.98 Å². The molecule has 0 saturated carbocycles. The summed E-state index contributed by atoms with van der Waals surface area (Å²) in [6.07, 6.45) is 3.07. The number of hydrogen-bond donors (Lipinski definition) is 0. The summed E-state index contributed by atoms with van der Waals surface area (Å²) in [5.41, 5.74) is 2.14. The summed E-state index contributed by atoms with van der Waals surface area (Å²) in [6, 6.07) is 17.6. The first-order valence-corrected chi connectivity index (χ1v) is 9.59. The molecule has 1 saturated heterocycles. The number of anilines is 1. The number of aromatic nitrogens is 2. The van der Waals surface area contributed by atoms with Gasteiger partial charge in [-0.05, 0) is 42.4 Å². The van der Waals surface area contributed by atoms with Crippen LogP contribution in [-0.2, 0) is 0 Å². The van der Waals surface area contributed by atoms with Crippen molar-refractivity contribution in [2.45, 2.75) is 26.3 Å². The number of nitrogens with zero attached hydrogens (tertiary/aromatic N) is 4. The van der Waals surface area contributed by atoms with Crippen LogP contribution in [0.1, 0.15) is 20.3 Å². The normalized spacial score (nSPS) is 17.3. The summed E-state index contributed by atoms with van der Waals surface area (Å²) < 4.78 is 0. The van der Waals surface area contributed by atoms with Gasteiger partial charge in [-0.3, -0.25) is 4.90 Å². The van der Waals surface area contributed by atoms with Crippen molar-refractivity contribution in [2.24, 2.45) is 0 Å². The van der Waals surface area contributed by atoms with Gasteiger partial charge in [0.05, 0.1) is 5.69 Å². The minimum atomic E-state index is 0.609. The summed E-state index contributed by atoms with van der Waals surface area (Å²) in [5, 5.41) is 2.50. The summed E-state index contributed by atoms with van der Waals surface area (Å²) >= 11 is 0. The topological polar surface area (TPSA) is 32.3 Å². The lowest BCUT2D eigenvalue weighted by molar-refractivity contribution is 0.232. The van der Waals surface area contributed by atoms with Gasteiger partial charge in [-0.2, -0.15) is 0 Å². The average molecular weight is 346 g/mol. The lowest BCUT2D eigenvalue weighted by Crippen LogP contribution is -2.37. The van der Waals surface area contributed by atoms with E-state index < -0.39 is 0 Å². The second kappa shape index (κ2) is 7.42. The molecule has 1 aliphatic rings. The number of rotatable bonds is 5. The summed E-state index contributed by atoms with van der Waals surface area (Å²) in [6.45, 7) is 8.73. The molecule has 4 rings (SSSR count). The molecule has 4 heteroatoms. The highest BCUT2D eigenvalue weighted by Crippen LogP contribution is 2.25. The molecular weight excluding hydrogens is 320 g/mol. The van der Waals surface area contributed by atoms with E-state index in [2.05, 4.69) is 71.1 Å². The Hall–Kier alpha value is -2.46. The van der Waals surface area contributed by atoms with Crippen molar-refractivity contribution in [3.63, 3.8) is 0 Å². The molecule has 3 aromatic rings. The third kappa shape index (κ3) is 3.29. The SMILES string of the molecule is CCN(CC)C1CCN(c2nccc(-c3ccc4ccccc4c3)n2)C1. The lowest BCUT2D eigenvalue weighted by Gasteiger charge is -2.26. The molecule has 1 fully saturated rings. The molecule has 26 heavy (non-hydrogen) atoms. The van der Waals surface area contributed by atoms with E-state index in [0.717, 1.165) is 43.4 Å². The maximum Gasteiger partial charge on any atom is 0.225 e. The highest BCUT2D eigenvalue weighted by molar-refractivity contribution is 5.86. The summed E-state index contributed by atoms with van der Waals surface area (Å²) in [4.78, 5) is 14.3. The zero-order valence-corrected chi connectivity index (χ0v) is 15.6. The van der Waals surface area contributed by atoms with Crippen molar-refractivity contribution in [2.75, 3.05) is 31.1 Å². The van der Waals surface area contributed by atoms with Gasteiger partial charge in [0.2, 0.25) is 5.95 Å². The number of benzene rings is 2. The van der Waals surface area contributed by atoms with Crippen LogP contribution >= 0.6 is 0 Å². The highest BCUT2D eigenvalue weighted by Gasteiger charge is 2.27. The van der Waals surface area contributed by atoms with Gasteiger partial charge in [0, 0.05) is 30.9 Å². The quantitative estimate of drug-likeness (QED) is 0.692. The van der Waals surface area contributed by atoms with Gasteiger partial charge in [0.1, 0.15) is 0 Å². The molecule has 1 atom stereocenters. The van der Waals surface area contributed by atoms with Crippen molar-refractivity contribution in [3.8, 4) is 11.3 Å². The van der Waals surface area contributed by atoms with E-state index in [-0.39, 0.29) is 0 Å². The third-order valence-electron chi connectivity index (χ3n) is 5.46. The Balaban J connectivity index is 1.58. The van der Waals surface area contributed by atoms with Gasteiger partial charge < -0.3 is 4.90 Å². The zero-order valence-electron chi connectivity index (χ0n) is 15.6. The van der Waals surface area contributed by atoms with Crippen molar-refractivity contribution in [1.82, 2.24) is 14.9 Å². The van der Waals surface area contributed by atoms with E-state index in [1.165, 1.54) is 17.2 Å². The van der Waals surface area contributed by atoms with Crippen LogP contribution in [0.25, 0.3) is 22.0 Å². The fraction of sp³-hybridized carbons (Fsp3) is 0.364. The van der Waals surface area contributed by atoms with Gasteiger partial charge in [0.15, 0.2) is 0 Å². The molecule has 1 unspecified atom stereocenters. The molecule has 1 aromatic heterocycles. The second-order valence-corrected chi connectivity index (χ2v) is 6.91. The fourth-order valence-electron chi connectivity index (χ4n) is 3.97. The first-order valence-electron chi connectivity index (χ1n) is 9.59. The Labute approximate surface area is 155 Å². The Bertz CT molecular complexity index is 888. The molecule has 4 nitrogen and oxygen atoms in total. The standard InChI is InChI=1S/C22H26N4/c1-3-25(4-2)20-12-14-26(16-20)22-23-13-11-21(24-22)19-10-9-17-7-5-6-8-18(17)15-19/h5-11,13,15,20H,3-4,12,14,16H2,1-2H3. The van der Waals surface area contributed by atoms with E-state index in [1.807, 2.05) is 12.3 Å². The minimum absolute atomic E-state index is 0.609. The smallest absolute Gasteiger partial charge is 0.225 e. The van der Waals surface area contributed by atoms with Crippen LogP contribution in [0.2, 0.25) is 0 Å². The molecule has 0 amide bonds. The zero-order chi connectivity index (χ0) is 17.9. The molecular formula is C22H26N4. The third-order valence-corrected chi connectivity index (χ3v) is 5.46. The molecule has 134 valence electrons. The molecule has 2 aromatic carbocycles. The summed E-state index contributed by atoms with van der Waals surface area (Å²) in [5.74, 6) is 0.852. The van der Waals surface area contributed by atoms with E-state index in [1.54, 1.807) is 0 Å². The van der Waals surface area contributed by atoms with Crippen molar-refractivity contribution < 1.29 is 0 Å². The van der Waals surface area contributed by atoms with E-state index in [0.29, 0.717) is 6.04 Å². The van der Waals surface area contributed by atoms with Crippen molar-refractivity contribution >= 4 is 16.7 Å². The van der Waals surface area contributed by atoms with Crippen LogP contribution in [0.3, 0.4) is 0 Å². The van der Waals surface area contributed by atoms with Gasteiger partial charge in [0.25, 0.3) is 0 Å². The monoisotopic (exact) mass is 346 g/mol. The first kappa shape index (κ1) is 17.0. The first-order chi connectivity index (χ1) is 12.8. The Morgan fingerprint density at radius 2 is 1.85 bits per heavy atom. The highest BCUT2D eigenvalue weighted by atomic mass is 15.3. The predicted molar refractivity (Wildman–Crippen MR) is 109 cm³/mol. The van der Waals surface area contributed by atoms with Gasteiger partial charge in [-0.1, -0.05) is 50.2 Å². The van der Waals surface area contributed by atoms with Crippen molar-refractivity contribution in [3.05, 3.63) is 54.7 Å². The van der Waals surface area contributed by atoms with Gasteiger partial charge >= 0.3 is 0 Å². The van der Waals surface area contributed by atoms with Crippen molar-refractivity contribution in [1.29, 1.82) is 0 Å². The molecule has 2 heterocycles. The van der Waals surface area contributed by atoms with Crippen LogP contribution in [0.15, 0.2) is 54.7 Å². The Morgan fingerprint density at radius 3 is 2.65 bits per heavy atom. The molecule has 0 bridgehead atoms. The second-order valence-electron chi connectivity index (χ2n) is 6.91. The average Bonchev–Trinajstić information content (AvgIpc) is 3.19. The maximum absolute atomic E-state index is 4.87. The molecule has 0 radical (unpaired) electrons. The van der Waals surface area contributed by atoms with E-state index >= 15 is 0 Å². The number of likely N-dealkylation sites (N-methyl/N-ethyl adjacent to an activating group) is 1. The van der Waals surface area contributed by atoms with Crippen LogP contribution < -0.4 is 4.90 Å². The van der Waals surface area contributed by atoms with Crippen LogP contribution in [0, 0.1) is 0 Å². The molecule has 0 N–H and O–H groups in total. The van der Waals surface area contributed by atoms with Crippen LogP contribution in [0.5, 0.6) is 0 Å². The molecule has 0 aliphatic carbocycles. The maximum atomic E-state index is 4.87. The fourth-order valence-corrected chi connectivity index (χ4v) is 3.97. The van der Waals surface area contributed by atoms with Crippen LogP contribution in [0.4, 0.5) is 5.95 Å². The largest absolute Gasteiger partial charge is 0.339 e. The predicted octanol–water partition coefficient (Wildman–Crippen LogP) is 4.22. The minimum Gasteiger partial charge on any atom is -0.339 e. The molecule has 1 aliphatic heterocycles. The number of hydrogen-bond acceptors (Lipinski definition) is 4. The number of fused-ring (bicyclic) bond motifs is 1. The lowest BCUT2D eigenvalue weighted by atomic mass is 10.1. The Kier molecular flexibility index (Phi) is 4.85. The van der Waals surface area contributed by atoms with E-state index in [9.17, 15) is 0 Å². The Morgan fingerprint density at radius 1 is 1.04 bits per heavy atom. The molecule has 0 spiro atoms. The van der Waals surface area contributed by atoms with Crippen LogP contribution in [-0.4, -0.2) is 47.1 Å². The summed E-state index contributed by atoms with van der Waals surface area (Å²) in [7, 11) is 0. The van der Waals surface area contributed by atoms with Gasteiger partial charge in [-0.25, -0.2) is 9.97 Å². The van der Waals surface area contributed by atoms with Gasteiger partial charge in [-0.15, -0.1) is 0 Å².